The second-order valence-electron chi connectivity index (χ2n) is 12.9. The second-order valence-corrected chi connectivity index (χ2v) is 14.0. The van der Waals surface area contributed by atoms with Crippen LogP contribution in [0.15, 0.2) is 24.3 Å². The van der Waals surface area contributed by atoms with E-state index in [1.165, 1.54) is 114 Å². The van der Waals surface area contributed by atoms with E-state index in [0.717, 1.165) is 19.4 Å². The summed E-state index contributed by atoms with van der Waals surface area (Å²) < 4.78 is 10.7. The number of ether oxygens (including phenoxy) is 2. The number of esters is 2. The first-order valence-electron chi connectivity index (χ1n) is 19.1. The molecule has 0 atom stereocenters. The van der Waals surface area contributed by atoms with Gasteiger partial charge in [0.15, 0.2) is 0 Å². The van der Waals surface area contributed by atoms with Gasteiger partial charge in [0.25, 0.3) is 5.24 Å². The number of amides is 1. The topological polar surface area (TPSA) is 76.1 Å². The van der Waals surface area contributed by atoms with Crippen LogP contribution < -0.4 is 0 Å². The molecule has 1 amide bonds. The van der Waals surface area contributed by atoms with Gasteiger partial charge in [-0.25, -0.2) is 0 Å². The van der Waals surface area contributed by atoms with Crippen molar-refractivity contribution in [2.75, 3.05) is 52.7 Å². The number of allylic oxidation sites excluding steroid dienone is 2. The van der Waals surface area contributed by atoms with Crippen molar-refractivity contribution in [2.45, 2.75) is 155 Å². The van der Waals surface area contributed by atoms with Gasteiger partial charge in [0, 0.05) is 38.2 Å². The molecular weight excluding hydrogens is 609 g/mol. The number of hydrogen-bond donors (Lipinski definition) is 0. The van der Waals surface area contributed by atoms with Crippen LogP contribution >= 0.6 is 11.8 Å². The molecule has 0 spiro atoms. The summed E-state index contributed by atoms with van der Waals surface area (Å²) in [5.74, 6) is 0.213. The summed E-state index contributed by atoms with van der Waals surface area (Å²) in [6, 6.07) is 0. The molecule has 0 radical (unpaired) electrons. The Morgan fingerprint density at radius 2 is 0.936 bits per heavy atom. The van der Waals surface area contributed by atoms with Gasteiger partial charge in [0.2, 0.25) is 0 Å². The average Bonchev–Trinajstić information content (AvgIpc) is 3.04. The molecule has 0 aromatic rings. The maximum Gasteiger partial charge on any atom is 0.306 e. The zero-order valence-electron chi connectivity index (χ0n) is 31.0. The van der Waals surface area contributed by atoms with E-state index >= 15 is 0 Å². The third-order valence-corrected chi connectivity index (χ3v) is 9.00. The first kappa shape index (κ1) is 45.2. The zero-order valence-corrected chi connectivity index (χ0v) is 31.8. The Hall–Kier alpha value is -1.80. The molecule has 274 valence electrons. The van der Waals surface area contributed by atoms with Crippen LogP contribution in [0.25, 0.3) is 0 Å². The number of carbonyl (C=O) groups excluding carboxylic acids is 3. The molecule has 0 heterocycles. The second kappa shape index (κ2) is 35.5. The fourth-order valence-corrected chi connectivity index (χ4v) is 6.12. The summed E-state index contributed by atoms with van der Waals surface area (Å²) in [5.41, 5.74) is 0. The largest absolute Gasteiger partial charge is 0.461 e. The van der Waals surface area contributed by atoms with Crippen LogP contribution in [-0.2, 0) is 19.1 Å². The molecule has 0 unspecified atom stereocenters. The summed E-state index contributed by atoms with van der Waals surface area (Å²) in [7, 11) is 3.97. The van der Waals surface area contributed by atoms with Gasteiger partial charge >= 0.3 is 11.9 Å². The SMILES string of the molecule is CCCCCCCCCC/C=C\COC(=O)CCCN(CCCC(=O)OC/C=C\CCCCCCCCCC)C(=O)SCCN(C)C. The number of rotatable bonds is 33. The van der Waals surface area contributed by atoms with Gasteiger partial charge in [0.1, 0.15) is 13.2 Å². The molecule has 0 aromatic heterocycles. The van der Waals surface area contributed by atoms with Gasteiger partial charge in [-0.1, -0.05) is 140 Å². The third-order valence-electron chi connectivity index (χ3n) is 8.10. The van der Waals surface area contributed by atoms with E-state index in [9.17, 15) is 14.4 Å². The average molecular weight is 681 g/mol. The van der Waals surface area contributed by atoms with Crippen LogP contribution in [0, 0.1) is 0 Å². The summed E-state index contributed by atoms with van der Waals surface area (Å²) in [6.07, 6.45) is 32.6. The minimum Gasteiger partial charge on any atom is -0.461 e. The van der Waals surface area contributed by atoms with Crippen molar-refractivity contribution in [3.8, 4) is 0 Å². The molecule has 0 N–H and O–H groups in total. The predicted octanol–water partition coefficient (Wildman–Crippen LogP) is 10.5. The van der Waals surface area contributed by atoms with E-state index in [1.807, 2.05) is 31.1 Å². The van der Waals surface area contributed by atoms with Crippen molar-refractivity contribution < 1.29 is 23.9 Å². The minimum atomic E-state index is -0.242. The van der Waals surface area contributed by atoms with Crippen LogP contribution in [0.3, 0.4) is 0 Å². The van der Waals surface area contributed by atoms with Gasteiger partial charge < -0.3 is 19.3 Å². The van der Waals surface area contributed by atoms with Crippen molar-refractivity contribution in [2.24, 2.45) is 0 Å². The van der Waals surface area contributed by atoms with E-state index in [-0.39, 0.29) is 30.0 Å². The smallest absolute Gasteiger partial charge is 0.306 e. The van der Waals surface area contributed by atoms with Crippen molar-refractivity contribution in [1.82, 2.24) is 9.80 Å². The fourth-order valence-electron chi connectivity index (χ4n) is 5.12. The summed E-state index contributed by atoms with van der Waals surface area (Å²) in [4.78, 5) is 41.2. The molecule has 0 fully saturated rings. The maximum atomic E-state index is 12.9. The first-order valence-corrected chi connectivity index (χ1v) is 20.1. The molecule has 0 aromatic carbocycles. The van der Waals surface area contributed by atoms with Gasteiger partial charge in [-0.3, -0.25) is 14.4 Å². The molecule has 7 nitrogen and oxygen atoms in total. The minimum absolute atomic E-state index is 0.0126. The predicted molar refractivity (Wildman–Crippen MR) is 201 cm³/mol. The van der Waals surface area contributed by atoms with E-state index < -0.39 is 0 Å². The van der Waals surface area contributed by atoms with Gasteiger partial charge in [0.05, 0.1) is 0 Å². The van der Waals surface area contributed by atoms with E-state index in [4.69, 9.17) is 9.47 Å². The van der Waals surface area contributed by atoms with Crippen molar-refractivity contribution >= 4 is 28.9 Å². The van der Waals surface area contributed by atoms with E-state index in [0.29, 0.717) is 44.9 Å². The number of unbranched alkanes of at least 4 members (excludes halogenated alkanes) is 16. The van der Waals surface area contributed by atoms with Crippen molar-refractivity contribution in [1.29, 1.82) is 0 Å². The van der Waals surface area contributed by atoms with E-state index in [1.54, 1.807) is 4.90 Å². The van der Waals surface area contributed by atoms with Crippen molar-refractivity contribution in [3.05, 3.63) is 24.3 Å². The Balaban J connectivity index is 4.19. The maximum absolute atomic E-state index is 12.9. The number of carbonyl (C=O) groups is 3. The summed E-state index contributed by atoms with van der Waals surface area (Å²) in [5, 5.41) is -0.0126. The highest BCUT2D eigenvalue weighted by Gasteiger charge is 2.16. The third kappa shape index (κ3) is 33.9. The molecule has 47 heavy (non-hydrogen) atoms. The van der Waals surface area contributed by atoms with Gasteiger partial charge in [-0.05, 0) is 52.6 Å². The monoisotopic (exact) mass is 681 g/mol. The summed E-state index contributed by atoms with van der Waals surface area (Å²) >= 11 is 1.29. The molecule has 0 bridgehead atoms. The lowest BCUT2D eigenvalue weighted by Crippen LogP contribution is -2.31. The molecule has 0 saturated carbocycles. The first-order chi connectivity index (χ1) is 22.9. The highest BCUT2D eigenvalue weighted by atomic mass is 32.2. The van der Waals surface area contributed by atoms with Crippen LogP contribution in [0.5, 0.6) is 0 Å². The Morgan fingerprint density at radius 3 is 1.34 bits per heavy atom. The Labute approximate surface area is 294 Å². The molecular formula is C39H72N2O5S. The number of thioether (sulfide) groups is 1. The van der Waals surface area contributed by atoms with Crippen LogP contribution in [-0.4, -0.2) is 79.7 Å². The quantitative estimate of drug-likeness (QED) is 0.0388. The standard InChI is InChI=1S/C39H72N2O5S/c1-5-7-9-11-13-15-17-19-21-23-25-34-45-37(42)29-27-31-41(39(44)47-36-33-40(3)4)32-28-30-38(43)46-35-26-24-22-20-18-16-14-12-10-8-6-2/h23-26H,5-22,27-36H2,1-4H3/b25-23-,26-24-. The molecule has 0 aliphatic heterocycles. The zero-order chi connectivity index (χ0) is 34.6. The number of nitrogens with zero attached hydrogens (tertiary/aromatic N) is 2. The van der Waals surface area contributed by atoms with E-state index in [2.05, 4.69) is 26.0 Å². The van der Waals surface area contributed by atoms with Crippen LogP contribution in [0.1, 0.15) is 155 Å². The van der Waals surface area contributed by atoms with Gasteiger partial charge in [-0.2, -0.15) is 0 Å². The Bertz CT molecular complexity index is 750. The lowest BCUT2D eigenvalue weighted by atomic mass is 10.1. The lowest BCUT2D eigenvalue weighted by Gasteiger charge is -2.22. The molecule has 0 aliphatic rings. The Kier molecular flexibility index (Phi) is 34.1. The normalized spacial score (nSPS) is 11.6. The van der Waals surface area contributed by atoms with Crippen LogP contribution in [0.4, 0.5) is 4.79 Å². The molecule has 0 rings (SSSR count). The molecule has 0 saturated heterocycles. The number of hydrogen-bond acceptors (Lipinski definition) is 7. The highest BCUT2D eigenvalue weighted by Crippen LogP contribution is 2.13. The van der Waals surface area contributed by atoms with Crippen LogP contribution in [0.2, 0.25) is 0 Å². The molecule has 0 aliphatic carbocycles. The molecule has 8 heteroatoms. The van der Waals surface area contributed by atoms with Gasteiger partial charge in [-0.15, -0.1) is 0 Å². The Morgan fingerprint density at radius 1 is 0.532 bits per heavy atom. The highest BCUT2D eigenvalue weighted by molar-refractivity contribution is 8.13. The van der Waals surface area contributed by atoms with Crippen molar-refractivity contribution in [3.63, 3.8) is 0 Å². The fraction of sp³-hybridized carbons (Fsp3) is 0.821. The summed E-state index contributed by atoms with van der Waals surface area (Å²) in [6.45, 7) is 6.84. The lowest BCUT2D eigenvalue weighted by molar-refractivity contribution is -0.143.